The van der Waals surface area contributed by atoms with Gasteiger partial charge in [-0.05, 0) is 56.2 Å². The number of methoxy groups -OCH3 is 1. The van der Waals surface area contributed by atoms with E-state index in [1.54, 1.807) is 19.2 Å². The Bertz CT molecular complexity index is 716. The Hall–Kier alpha value is -1.44. The molecule has 1 amide bonds. The van der Waals surface area contributed by atoms with E-state index in [-0.39, 0.29) is 28.8 Å². The van der Waals surface area contributed by atoms with Crippen molar-refractivity contribution in [2.24, 2.45) is 5.92 Å². The highest BCUT2D eigenvalue weighted by atomic mass is 32.2. The molecule has 2 saturated carbocycles. The minimum Gasteiger partial charge on any atom is -0.384 e. The molecule has 6 nitrogen and oxygen atoms in total. The summed E-state index contributed by atoms with van der Waals surface area (Å²) in [5, 5.41) is 2.94. The first-order valence-electron chi connectivity index (χ1n) is 8.92. The molecule has 0 spiro atoms. The van der Waals surface area contributed by atoms with E-state index < -0.39 is 10.0 Å². The molecule has 1 aromatic rings. The minimum absolute atomic E-state index is 0.114. The maximum atomic E-state index is 12.7. The van der Waals surface area contributed by atoms with E-state index in [9.17, 15) is 13.2 Å². The standard InChI is InChI=1S/C18H26N2O4S/c1-24-12-14-6-3-10-17(14)20-25(22,23)16-9-2-5-13(11-16)18(21)19-15-7-4-8-15/h2,5,9,11,14-15,17,20H,3-4,6-8,10,12H2,1H3,(H,19,21)/t14-,17-/m1/s1. The number of carbonyl (C=O) groups is 1. The summed E-state index contributed by atoms with van der Waals surface area (Å²) in [4.78, 5) is 12.4. The van der Waals surface area contributed by atoms with Crippen LogP contribution >= 0.6 is 0 Å². The Balaban J connectivity index is 1.71. The van der Waals surface area contributed by atoms with Gasteiger partial charge in [0, 0.05) is 24.8 Å². The molecular weight excluding hydrogens is 340 g/mol. The number of hydrogen-bond acceptors (Lipinski definition) is 4. The molecule has 25 heavy (non-hydrogen) atoms. The van der Waals surface area contributed by atoms with Crippen molar-refractivity contribution in [2.75, 3.05) is 13.7 Å². The van der Waals surface area contributed by atoms with Gasteiger partial charge in [-0.1, -0.05) is 12.5 Å². The lowest BCUT2D eigenvalue weighted by Crippen LogP contribution is -2.40. The predicted octanol–water partition coefficient (Wildman–Crippen LogP) is 2.06. The fourth-order valence-corrected chi connectivity index (χ4v) is 4.88. The van der Waals surface area contributed by atoms with Gasteiger partial charge in [-0.3, -0.25) is 4.79 Å². The molecule has 0 saturated heterocycles. The molecule has 138 valence electrons. The second-order valence-corrected chi connectivity index (χ2v) is 8.72. The molecule has 2 N–H and O–H groups in total. The third-order valence-electron chi connectivity index (χ3n) is 5.19. The summed E-state index contributed by atoms with van der Waals surface area (Å²) in [5.74, 6) is -0.00949. The molecule has 0 radical (unpaired) electrons. The fraction of sp³-hybridized carbons (Fsp3) is 0.611. The smallest absolute Gasteiger partial charge is 0.251 e. The Kier molecular flexibility index (Phi) is 5.76. The lowest BCUT2D eigenvalue weighted by atomic mass is 9.93. The molecule has 0 heterocycles. The Morgan fingerprint density at radius 3 is 2.64 bits per heavy atom. The summed E-state index contributed by atoms with van der Waals surface area (Å²) in [6.07, 6.45) is 5.89. The van der Waals surface area contributed by atoms with Crippen molar-refractivity contribution in [3.05, 3.63) is 29.8 Å². The number of ether oxygens (including phenoxy) is 1. The average molecular weight is 366 g/mol. The van der Waals surface area contributed by atoms with Crippen molar-refractivity contribution in [2.45, 2.75) is 55.5 Å². The van der Waals surface area contributed by atoms with Gasteiger partial charge in [-0.15, -0.1) is 0 Å². The summed E-state index contributed by atoms with van der Waals surface area (Å²) in [7, 11) is -2.02. The Morgan fingerprint density at radius 1 is 1.20 bits per heavy atom. The van der Waals surface area contributed by atoms with Crippen molar-refractivity contribution in [1.29, 1.82) is 0 Å². The number of sulfonamides is 1. The van der Waals surface area contributed by atoms with Gasteiger partial charge in [0.15, 0.2) is 0 Å². The third kappa shape index (κ3) is 4.40. The van der Waals surface area contributed by atoms with Crippen molar-refractivity contribution >= 4 is 15.9 Å². The summed E-state index contributed by atoms with van der Waals surface area (Å²) in [5.41, 5.74) is 0.384. The van der Waals surface area contributed by atoms with Crippen LogP contribution in [0.15, 0.2) is 29.2 Å². The Morgan fingerprint density at radius 2 is 1.96 bits per heavy atom. The SMILES string of the molecule is COC[C@H]1CCC[C@H]1NS(=O)(=O)c1cccc(C(=O)NC2CCC2)c1. The van der Waals surface area contributed by atoms with E-state index in [1.165, 1.54) is 12.1 Å². The molecule has 2 fully saturated rings. The van der Waals surface area contributed by atoms with Gasteiger partial charge in [0.05, 0.1) is 11.5 Å². The topological polar surface area (TPSA) is 84.5 Å². The maximum absolute atomic E-state index is 12.7. The Labute approximate surface area is 149 Å². The highest BCUT2D eigenvalue weighted by molar-refractivity contribution is 7.89. The molecule has 2 aliphatic carbocycles. The monoisotopic (exact) mass is 366 g/mol. The highest BCUT2D eigenvalue weighted by Crippen LogP contribution is 2.27. The van der Waals surface area contributed by atoms with E-state index in [4.69, 9.17) is 4.74 Å². The molecule has 0 unspecified atom stereocenters. The normalized spacial score (nSPS) is 24.0. The van der Waals surface area contributed by atoms with Crippen LogP contribution in [0, 0.1) is 5.92 Å². The van der Waals surface area contributed by atoms with Crippen molar-refractivity contribution in [3.8, 4) is 0 Å². The lowest BCUT2D eigenvalue weighted by Gasteiger charge is -2.26. The van der Waals surface area contributed by atoms with Crippen LogP contribution in [-0.4, -0.2) is 40.1 Å². The summed E-state index contributed by atoms with van der Waals surface area (Å²) >= 11 is 0. The van der Waals surface area contributed by atoms with Gasteiger partial charge in [-0.2, -0.15) is 0 Å². The van der Waals surface area contributed by atoms with E-state index in [0.717, 1.165) is 38.5 Å². The predicted molar refractivity (Wildman–Crippen MR) is 94.9 cm³/mol. The number of nitrogens with one attached hydrogen (secondary N) is 2. The number of amides is 1. The second-order valence-electron chi connectivity index (χ2n) is 7.00. The number of carbonyl (C=O) groups excluding carboxylic acids is 1. The van der Waals surface area contributed by atoms with Crippen molar-refractivity contribution in [3.63, 3.8) is 0 Å². The molecule has 3 rings (SSSR count). The van der Waals surface area contributed by atoms with Crippen LogP contribution in [0.3, 0.4) is 0 Å². The maximum Gasteiger partial charge on any atom is 0.251 e. The van der Waals surface area contributed by atoms with E-state index in [2.05, 4.69) is 10.0 Å². The molecule has 2 atom stereocenters. The number of hydrogen-bond donors (Lipinski definition) is 2. The van der Waals surface area contributed by atoms with Crippen molar-refractivity contribution in [1.82, 2.24) is 10.0 Å². The first kappa shape index (κ1) is 18.4. The fourth-order valence-electron chi connectivity index (χ4n) is 3.50. The molecule has 7 heteroatoms. The number of rotatable bonds is 7. The van der Waals surface area contributed by atoms with Crippen LogP contribution in [0.2, 0.25) is 0 Å². The lowest BCUT2D eigenvalue weighted by molar-refractivity contribution is 0.0916. The van der Waals surface area contributed by atoms with E-state index in [1.807, 2.05) is 0 Å². The number of benzene rings is 1. The zero-order valence-electron chi connectivity index (χ0n) is 14.5. The molecule has 0 aromatic heterocycles. The van der Waals surface area contributed by atoms with Gasteiger partial charge in [-0.25, -0.2) is 13.1 Å². The average Bonchev–Trinajstić information content (AvgIpc) is 2.97. The van der Waals surface area contributed by atoms with Gasteiger partial charge < -0.3 is 10.1 Å². The molecular formula is C18H26N2O4S. The van der Waals surface area contributed by atoms with Crippen LogP contribution in [0.25, 0.3) is 0 Å². The molecule has 0 bridgehead atoms. The highest BCUT2D eigenvalue weighted by Gasteiger charge is 2.31. The molecule has 2 aliphatic rings. The van der Waals surface area contributed by atoms with Gasteiger partial charge >= 0.3 is 0 Å². The van der Waals surface area contributed by atoms with Gasteiger partial charge in [0.2, 0.25) is 10.0 Å². The van der Waals surface area contributed by atoms with Crippen LogP contribution in [0.4, 0.5) is 0 Å². The minimum atomic E-state index is -3.66. The zero-order chi connectivity index (χ0) is 17.9. The van der Waals surface area contributed by atoms with Crippen molar-refractivity contribution < 1.29 is 17.9 Å². The van der Waals surface area contributed by atoms with Crippen LogP contribution in [0.5, 0.6) is 0 Å². The summed E-state index contributed by atoms with van der Waals surface area (Å²) in [6.45, 7) is 0.553. The van der Waals surface area contributed by atoms with Gasteiger partial charge in [0.1, 0.15) is 0 Å². The largest absolute Gasteiger partial charge is 0.384 e. The first-order chi connectivity index (χ1) is 12.0. The quantitative estimate of drug-likeness (QED) is 0.774. The molecule has 1 aromatic carbocycles. The second kappa shape index (κ2) is 7.85. The third-order valence-corrected chi connectivity index (χ3v) is 6.68. The summed E-state index contributed by atoms with van der Waals surface area (Å²) in [6, 6.07) is 6.36. The van der Waals surface area contributed by atoms with E-state index in [0.29, 0.717) is 12.2 Å². The van der Waals surface area contributed by atoms with Crippen LogP contribution in [0.1, 0.15) is 48.9 Å². The molecule has 0 aliphatic heterocycles. The van der Waals surface area contributed by atoms with Gasteiger partial charge in [0.25, 0.3) is 5.91 Å². The van der Waals surface area contributed by atoms with Crippen LogP contribution < -0.4 is 10.0 Å². The first-order valence-corrected chi connectivity index (χ1v) is 10.4. The van der Waals surface area contributed by atoms with E-state index >= 15 is 0 Å². The van der Waals surface area contributed by atoms with Crippen LogP contribution in [-0.2, 0) is 14.8 Å². The summed E-state index contributed by atoms with van der Waals surface area (Å²) < 4.78 is 33.4. The zero-order valence-corrected chi connectivity index (χ0v) is 15.3.